The van der Waals surface area contributed by atoms with Gasteiger partial charge in [-0.15, -0.1) is 0 Å². The molecule has 0 fully saturated rings. The van der Waals surface area contributed by atoms with Crippen molar-refractivity contribution in [1.82, 2.24) is 4.98 Å². The molecule has 1 heterocycles. The number of nitrogens with zero attached hydrogens (tertiary/aromatic N) is 1. The van der Waals surface area contributed by atoms with E-state index in [-0.39, 0.29) is 0 Å². The summed E-state index contributed by atoms with van der Waals surface area (Å²) in [5.74, 6) is 0. The first-order valence-corrected chi connectivity index (χ1v) is 6.44. The highest BCUT2D eigenvalue weighted by Crippen LogP contribution is 2.22. The van der Waals surface area contributed by atoms with Crippen molar-refractivity contribution in [1.29, 1.82) is 0 Å². The summed E-state index contributed by atoms with van der Waals surface area (Å²) in [7, 11) is 0. The first kappa shape index (κ1) is 13.2. The highest BCUT2D eigenvalue weighted by Gasteiger charge is 2.03. The predicted molar refractivity (Wildman–Crippen MR) is 77.5 cm³/mol. The number of aryl methyl sites for hydroxylation is 2. The number of anilines is 1. The molecule has 0 amide bonds. The van der Waals surface area contributed by atoms with Gasteiger partial charge in [0.05, 0.1) is 11.4 Å². The fourth-order valence-electron chi connectivity index (χ4n) is 1.74. The third-order valence-electron chi connectivity index (χ3n) is 2.70. The summed E-state index contributed by atoms with van der Waals surface area (Å²) in [6.45, 7) is 4.59. The number of aromatic nitrogens is 1. The van der Waals surface area contributed by atoms with E-state index in [0.29, 0.717) is 16.6 Å². The summed E-state index contributed by atoms with van der Waals surface area (Å²) in [6, 6.07) is 9.46. The predicted octanol–water partition coefficient (Wildman–Crippen LogP) is 4.62. The van der Waals surface area contributed by atoms with Crippen LogP contribution in [0.25, 0.3) is 0 Å². The maximum absolute atomic E-state index is 6.11. The summed E-state index contributed by atoms with van der Waals surface area (Å²) in [5, 5.41) is 4.72. The lowest BCUT2D eigenvalue weighted by Gasteiger charge is -2.11. The van der Waals surface area contributed by atoms with Crippen molar-refractivity contribution < 1.29 is 0 Å². The zero-order chi connectivity index (χ0) is 13.1. The van der Waals surface area contributed by atoms with Crippen LogP contribution >= 0.6 is 23.2 Å². The van der Waals surface area contributed by atoms with Crippen LogP contribution in [0, 0.1) is 13.8 Å². The van der Waals surface area contributed by atoms with E-state index in [4.69, 9.17) is 23.2 Å². The number of hydrogen-bond donors (Lipinski definition) is 1. The van der Waals surface area contributed by atoms with E-state index in [0.717, 1.165) is 22.6 Å². The maximum Gasteiger partial charge on any atom is 0.0606 e. The Morgan fingerprint density at radius 2 is 1.89 bits per heavy atom. The second-order valence-corrected chi connectivity index (χ2v) is 5.02. The van der Waals surface area contributed by atoms with Crippen LogP contribution in [0.15, 0.2) is 30.3 Å². The van der Waals surface area contributed by atoms with Crippen LogP contribution < -0.4 is 5.32 Å². The zero-order valence-corrected chi connectivity index (χ0v) is 11.8. The van der Waals surface area contributed by atoms with E-state index in [2.05, 4.69) is 10.3 Å². The van der Waals surface area contributed by atoms with E-state index < -0.39 is 0 Å². The molecule has 0 aliphatic carbocycles. The Kier molecular flexibility index (Phi) is 4.10. The topological polar surface area (TPSA) is 24.9 Å². The van der Waals surface area contributed by atoms with E-state index in [1.54, 1.807) is 12.1 Å². The summed E-state index contributed by atoms with van der Waals surface area (Å²) in [5.41, 5.74) is 3.98. The van der Waals surface area contributed by atoms with E-state index in [1.807, 2.05) is 32.0 Å². The number of pyridine rings is 1. The van der Waals surface area contributed by atoms with Gasteiger partial charge in [0.25, 0.3) is 0 Å². The minimum absolute atomic E-state index is 0.630. The average molecular weight is 281 g/mol. The third-order valence-corrected chi connectivity index (χ3v) is 3.31. The molecular weight excluding hydrogens is 267 g/mol. The molecule has 0 saturated carbocycles. The molecule has 4 heteroatoms. The van der Waals surface area contributed by atoms with Crippen molar-refractivity contribution in [2.45, 2.75) is 20.4 Å². The summed E-state index contributed by atoms with van der Waals surface area (Å²) in [4.78, 5) is 4.40. The number of rotatable bonds is 3. The molecule has 1 N–H and O–H groups in total. The van der Waals surface area contributed by atoms with Gasteiger partial charge in [-0.25, -0.2) is 0 Å². The largest absolute Gasteiger partial charge is 0.379 e. The molecule has 0 spiro atoms. The molecule has 2 rings (SSSR count). The first-order chi connectivity index (χ1) is 8.56. The van der Waals surface area contributed by atoms with Gasteiger partial charge in [-0.3, -0.25) is 4.98 Å². The van der Waals surface area contributed by atoms with Crippen LogP contribution in [0.2, 0.25) is 10.0 Å². The van der Waals surface area contributed by atoms with Crippen LogP contribution in [-0.2, 0) is 6.54 Å². The average Bonchev–Trinajstić information content (AvgIpc) is 2.32. The molecule has 0 atom stereocenters. The maximum atomic E-state index is 6.11. The fourth-order valence-corrected chi connectivity index (χ4v) is 2.12. The van der Waals surface area contributed by atoms with Crippen LogP contribution in [0.5, 0.6) is 0 Å². The molecule has 94 valence electrons. The van der Waals surface area contributed by atoms with Crippen LogP contribution in [0.1, 0.15) is 17.0 Å². The van der Waals surface area contributed by atoms with E-state index in [9.17, 15) is 0 Å². The van der Waals surface area contributed by atoms with Crippen molar-refractivity contribution in [3.05, 3.63) is 57.3 Å². The van der Waals surface area contributed by atoms with Gasteiger partial charge < -0.3 is 5.32 Å². The Morgan fingerprint density at radius 3 is 2.61 bits per heavy atom. The van der Waals surface area contributed by atoms with Gasteiger partial charge in [-0.2, -0.15) is 0 Å². The standard InChI is InChI=1S/C14H14Cl2N2/c1-9-3-6-14(10(2)18-9)17-8-11-7-12(15)4-5-13(11)16/h3-7,17H,8H2,1-2H3. The molecule has 1 aromatic heterocycles. The number of hydrogen-bond acceptors (Lipinski definition) is 2. The molecule has 0 aliphatic rings. The highest BCUT2D eigenvalue weighted by atomic mass is 35.5. The number of halogens is 2. The second-order valence-electron chi connectivity index (χ2n) is 4.17. The molecule has 0 aliphatic heterocycles. The quantitative estimate of drug-likeness (QED) is 0.888. The van der Waals surface area contributed by atoms with Gasteiger partial charge in [0.15, 0.2) is 0 Å². The lowest BCUT2D eigenvalue weighted by molar-refractivity contribution is 1.08. The minimum atomic E-state index is 0.630. The normalized spacial score (nSPS) is 10.4. The van der Waals surface area contributed by atoms with Crippen LogP contribution in [0.3, 0.4) is 0 Å². The monoisotopic (exact) mass is 280 g/mol. The minimum Gasteiger partial charge on any atom is -0.379 e. The Hall–Kier alpha value is -1.25. The van der Waals surface area contributed by atoms with Crippen molar-refractivity contribution in [2.24, 2.45) is 0 Å². The van der Waals surface area contributed by atoms with Crippen molar-refractivity contribution in [3.63, 3.8) is 0 Å². The molecule has 0 radical (unpaired) electrons. The summed E-state index contributed by atoms with van der Waals surface area (Å²) in [6.07, 6.45) is 0. The fraction of sp³-hybridized carbons (Fsp3) is 0.214. The van der Waals surface area contributed by atoms with Crippen molar-refractivity contribution >= 4 is 28.9 Å². The van der Waals surface area contributed by atoms with Gasteiger partial charge in [0, 0.05) is 22.3 Å². The van der Waals surface area contributed by atoms with Crippen LogP contribution in [0.4, 0.5) is 5.69 Å². The molecule has 0 saturated heterocycles. The molecule has 0 bridgehead atoms. The Morgan fingerprint density at radius 1 is 1.11 bits per heavy atom. The van der Waals surface area contributed by atoms with Gasteiger partial charge >= 0.3 is 0 Å². The summed E-state index contributed by atoms with van der Waals surface area (Å²) < 4.78 is 0. The van der Waals surface area contributed by atoms with Gasteiger partial charge in [-0.1, -0.05) is 23.2 Å². The second kappa shape index (κ2) is 5.59. The van der Waals surface area contributed by atoms with E-state index in [1.165, 1.54) is 0 Å². The zero-order valence-electron chi connectivity index (χ0n) is 10.3. The third kappa shape index (κ3) is 3.15. The van der Waals surface area contributed by atoms with Gasteiger partial charge in [0.2, 0.25) is 0 Å². The van der Waals surface area contributed by atoms with Crippen molar-refractivity contribution in [3.8, 4) is 0 Å². The molecule has 2 aromatic rings. The SMILES string of the molecule is Cc1ccc(NCc2cc(Cl)ccc2Cl)c(C)n1. The smallest absolute Gasteiger partial charge is 0.0606 e. The molecular formula is C14H14Cl2N2. The molecule has 18 heavy (non-hydrogen) atoms. The molecule has 2 nitrogen and oxygen atoms in total. The van der Waals surface area contributed by atoms with Crippen LogP contribution in [-0.4, -0.2) is 4.98 Å². The number of benzene rings is 1. The molecule has 0 unspecified atom stereocenters. The lowest BCUT2D eigenvalue weighted by atomic mass is 10.2. The lowest BCUT2D eigenvalue weighted by Crippen LogP contribution is -2.03. The molecule has 1 aromatic carbocycles. The number of nitrogens with one attached hydrogen (secondary N) is 1. The Balaban J connectivity index is 2.13. The van der Waals surface area contributed by atoms with Gasteiger partial charge in [0.1, 0.15) is 0 Å². The first-order valence-electron chi connectivity index (χ1n) is 5.68. The Labute approximate surface area is 117 Å². The van der Waals surface area contributed by atoms with Crippen molar-refractivity contribution in [2.75, 3.05) is 5.32 Å². The highest BCUT2D eigenvalue weighted by molar-refractivity contribution is 6.33. The summed E-state index contributed by atoms with van der Waals surface area (Å²) >= 11 is 12.1. The van der Waals surface area contributed by atoms with Gasteiger partial charge in [-0.05, 0) is 49.7 Å². The van der Waals surface area contributed by atoms with E-state index >= 15 is 0 Å². The Bertz CT molecular complexity index is 568.